The summed E-state index contributed by atoms with van der Waals surface area (Å²) < 4.78 is 1.76. The molecule has 0 bridgehead atoms. The zero-order valence-electron chi connectivity index (χ0n) is 15.6. The van der Waals surface area contributed by atoms with Gasteiger partial charge in [-0.15, -0.1) is 15.3 Å². The molecule has 146 valence electrons. The summed E-state index contributed by atoms with van der Waals surface area (Å²) in [4.78, 5) is 14.5. The number of hydrogen-bond donors (Lipinski definition) is 1. The Bertz CT molecular complexity index is 966. The summed E-state index contributed by atoms with van der Waals surface area (Å²) >= 11 is 6.13. The van der Waals surface area contributed by atoms with Crippen LogP contribution in [0.5, 0.6) is 0 Å². The number of benzene rings is 1. The first-order chi connectivity index (χ1) is 13.7. The summed E-state index contributed by atoms with van der Waals surface area (Å²) in [7, 11) is 0. The van der Waals surface area contributed by atoms with E-state index in [0.29, 0.717) is 35.9 Å². The predicted molar refractivity (Wildman–Crippen MR) is 108 cm³/mol. The van der Waals surface area contributed by atoms with Gasteiger partial charge in [0, 0.05) is 37.5 Å². The summed E-state index contributed by atoms with van der Waals surface area (Å²) in [6.45, 7) is 2.47. The van der Waals surface area contributed by atoms with Crippen molar-refractivity contribution in [1.82, 2.24) is 25.1 Å². The number of nitrogens with zero attached hydrogens (tertiary/aromatic N) is 5. The second kappa shape index (κ2) is 8.56. The van der Waals surface area contributed by atoms with Crippen molar-refractivity contribution < 1.29 is 4.79 Å². The molecule has 1 N–H and O–H groups in total. The second-order valence-electron chi connectivity index (χ2n) is 6.99. The van der Waals surface area contributed by atoms with E-state index in [1.54, 1.807) is 4.52 Å². The first-order valence-corrected chi connectivity index (χ1v) is 10.0. The monoisotopic (exact) mass is 398 g/mol. The van der Waals surface area contributed by atoms with Crippen molar-refractivity contribution in [2.45, 2.75) is 38.6 Å². The van der Waals surface area contributed by atoms with Crippen molar-refractivity contribution in [2.75, 3.05) is 18.0 Å². The molecule has 1 fully saturated rings. The Kier molecular flexibility index (Phi) is 5.71. The van der Waals surface area contributed by atoms with Gasteiger partial charge in [-0.25, -0.2) is 0 Å². The van der Waals surface area contributed by atoms with Crippen LogP contribution < -0.4 is 10.2 Å². The van der Waals surface area contributed by atoms with Gasteiger partial charge in [0.25, 0.3) is 0 Å². The number of rotatable bonds is 6. The van der Waals surface area contributed by atoms with E-state index in [-0.39, 0.29) is 5.91 Å². The first-order valence-electron chi connectivity index (χ1n) is 9.67. The van der Waals surface area contributed by atoms with E-state index < -0.39 is 0 Å². The number of anilines is 1. The first kappa shape index (κ1) is 18.7. The summed E-state index contributed by atoms with van der Waals surface area (Å²) in [6.07, 6.45) is 4.47. The van der Waals surface area contributed by atoms with Gasteiger partial charge in [0.1, 0.15) is 5.82 Å². The fraction of sp³-hybridized carbons (Fsp3) is 0.400. The molecule has 0 radical (unpaired) electrons. The maximum absolute atomic E-state index is 12.2. The van der Waals surface area contributed by atoms with Crippen LogP contribution in [0, 0.1) is 0 Å². The van der Waals surface area contributed by atoms with Gasteiger partial charge in [0.2, 0.25) is 5.91 Å². The van der Waals surface area contributed by atoms with Gasteiger partial charge < -0.3 is 10.2 Å². The Hall–Kier alpha value is -2.67. The maximum Gasteiger partial charge on any atom is 0.220 e. The van der Waals surface area contributed by atoms with Crippen LogP contribution in [0.3, 0.4) is 0 Å². The summed E-state index contributed by atoms with van der Waals surface area (Å²) in [6, 6.07) is 11.4. The van der Waals surface area contributed by atoms with Crippen LogP contribution in [-0.2, 0) is 17.8 Å². The lowest BCUT2D eigenvalue weighted by atomic mass is 10.1. The lowest BCUT2D eigenvalue weighted by Gasteiger charge is -2.27. The van der Waals surface area contributed by atoms with E-state index >= 15 is 0 Å². The van der Waals surface area contributed by atoms with E-state index in [0.717, 1.165) is 24.5 Å². The molecule has 1 aliphatic rings. The minimum Gasteiger partial charge on any atom is -0.355 e. The molecular formula is C20H23ClN6O. The van der Waals surface area contributed by atoms with Crippen LogP contribution >= 0.6 is 11.6 Å². The number of hydrogen-bond acceptors (Lipinski definition) is 5. The van der Waals surface area contributed by atoms with Gasteiger partial charge in [-0.05, 0) is 43.0 Å². The van der Waals surface area contributed by atoms with Crippen LogP contribution in [0.15, 0.2) is 36.4 Å². The van der Waals surface area contributed by atoms with Gasteiger partial charge in [0.05, 0.1) is 0 Å². The predicted octanol–water partition coefficient (Wildman–Crippen LogP) is 3.02. The normalized spacial score (nSPS) is 14.4. The molecule has 28 heavy (non-hydrogen) atoms. The molecule has 1 amide bonds. The molecular weight excluding hydrogens is 376 g/mol. The van der Waals surface area contributed by atoms with Gasteiger partial charge >= 0.3 is 0 Å². The molecule has 7 nitrogen and oxygen atoms in total. The Labute approximate surface area is 168 Å². The Morgan fingerprint density at radius 2 is 1.89 bits per heavy atom. The molecule has 0 atom stereocenters. The van der Waals surface area contributed by atoms with Crippen molar-refractivity contribution >= 4 is 29.0 Å². The van der Waals surface area contributed by atoms with E-state index in [2.05, 4.69) is 20.4 Å². The van der Waals surface area contributed by atoms with Crippen molar-refractivity contribution in [3.63, 3.8) is 0 Å². The largest absolute Gasteiger partial charge is 0.355 e. The van der Waals surface area contributed by atoms with E-state index in [9.17, 15) is 4.79 Å². The standard InChI is InChI=1S/C20H23ClN6O/c21-16-7-3-2-6-15(16)14-22-20(28)11-10-18-24-23-17-8-9-19(25-27(17)18)26-12-4-1-5-13-26/h2-3,6-9H,1,4-5,10-14H2,(H,22,28). The quantitative estimate of drug-likeness (QED) is 0.690. The number of aromatic nitrogens is 4. The number of aryl methyl sites for hydroxylation is 1. The zero-order chi connectivity index (χ0) is 19.3. The topological polar surface area (TPSA) is 75.4 Å². The van der Waals surface area contributed by atoms with Crippen molar-refractivity contribution in [1.29, 1.82) is 0 Å². The maximum atomic E-state index is 12.2. The molecule has 2 aromatic heterocycles. The van der Waals surface area contributed by atoms with Crippen molar-refractivity contribution in [3.05, 3.63) is 52.8 Å². The molecule has 4 rings (SSSR count). The van der Waals surface area contributed by atoms with E-state index in [1.807, 2.05) is 36.4 Å². The Morgan fingerprint density at radius 1 is 1.07 bits per heavy atom. The molecule has 0 spiro atoms. The minimum atomic E-state index is -0.0520. The van der Waals surface area contributed by atoms with Gasteiger partial charge in [-0.1, -0.05) is 29.8 Å². The fourth-order valence-electron chi connectivity index (χ4n) is 3.42. The van der Waals surface area contributed by atoms with Crippen LogP contribution in [0.2, 0.25) is 5.02 Å². The molecule has 0 aliphatic carbocycles. The fourth-order valence-corrected chi connectivity index (χ4v) is 3.62. The highest BCUT2D eigenvalue weighted by atomic mass is 35.5. The highest BCUT2D eigenvalue weighted by Crippen LogP contribution is 2.18. The number of fused-ring (bicyclic) bond motifs is 1. The average Bonchev–Trinajstić information content (AvgIpc) is 3.14. The summed E-state index contributed by atoms with van der Waals surface area (Å²) in [5.41, 5.74) is 1.60. The summed E-state index contributed by atoms with van der Waals surface area (Å²) in [5.74, 6) is 1.59. The smallest absolute Gasteiger partial charge is 0.220 e. The molecule has 3 heterocycles. The third-order valence-electron chi connectivity index (χ3n) is 5.00. The van der Waals surface area contributed by atoms with Crippen LogP contribution in [0.4, 0.5) is 5.82 Å². The highest BCUT2D eigenvalue weighted by molar-refractivity contribution is 6.31. The van der Waals surface area contributed by atoms with Crippen LogP contribution in [0.1, 0.15) is 37.1 Å². The number of halogens is 1. The van der Waals surface area contributed by atoms with Crippen LogP contribution in [-0.4, -0.2) is 38.8 Å². The number of carbonyl (C=O) groups is 1. The molecule has 1 aliphatic heterocycles. The van der Waals surface area contributed by atoms with Crippen molar-refractivity contribution in [2.24, 2.45) is 0 Å². The SMILES string of the molecule is O=C(CCc1nnc2ccc(N3CCCCC3)nn12)NCc1ccccc1Cl. The Morgan fingerprint density at radius 3 is 2.71 bits per heavy atom. The lowest BCUT2D eigenvalue weighted by Crippen LogP contribution is -2.30. The van der Waals surface area contributed by atoms with Crippen molar-refractivity contribution in [3.8, 4) is 0 Å². The van der Waals surface area contributed by atoms with Gasteiger partial charge in [0.15, 0.2) is 11.5 Å². The third-order valence-corrected chi connectivity index (χ3v) is 5.37. The molecule has 8 heteroatoms. The highest BCUT2D eigenvalue weighted by Gasteiger charge is 2.15. The van der Waals surface area contributed by atoms with E-state index in [4.69, 9.17) is 16.7 Å². The molecule has 0 unspecified atom stereocenters. The summed E-state index contributed by atoms with van der Waals surface area (Å²) in [5, 5.41) is 16.7. The van der Waals surface area contributed by atoms with Gasteiger partial charge in [-0.3, -0.25) is 4.79 Å². The third kappa shape index (κ3) is 4.25. The van der Waals surface area contributed by atoms with Gasteiger partial charge in [-0.2, -0.15) is 4.52 Å². The number of amides is 1. The molecule has 0 saturated carbocycles. The molecule has 1 aromatic carbocycles. The average molecular weight is 399 g/mol. The molecule has 3 aromatic rings. The number of nitrogens with one attached hydrogen (secondary N) is 1. The number of carbonyl (C=O) groups excluding carboxylic acids is 1. The Balaban J connectivity index is 1.38. The minimum absolute atomic E-state index is 0.0520. The second-order valence-corrected chi connectivity index (χ2v) is 7.40. The van der Waals surface area contributed by atoms with Crippen LogP contribution in [0.25, 0.3) is 5.65 Å². The number of piperidine rings is 1. The lowest BCUT2D eigenvalue weighted by molar-refractivity contribution is -0.121. The molecule has 1 saturated heterocycles. The zero-order valence-corrected chi connectivity index (χ0v) is 16.4. The van der Waals surface area contributed by atoms with E-state index in [1.165, 1.54) is 19.3 Å².